The molecule has 0 radical (unpaired) electrons. The van der Waals surface area contributed by atoms with Crippen LogP contribution in [0.3, 0.4) is 0 Å². The fraction of sp³-hybridized carbons (Fsp3) is 0.545. The van der Waals surface area contributed by atoms with Crippen LogP contribution in [-0.4, -0.2) is 48.1 Å². The number of unbranched alkanes of at least 4 members (excludes halogenated alkanes) is 4. The zero-order chi connectivity index (χ0) is 30.4. The first-order valence-corrected chi connectivity index (χ1v) is 14.7. The molecule has 3 amide bonds. The van der Waals surface area contributed by atoms with Gasteiger partial charge in [0.05, 0.1) is 7.11 Å². The Kier molecular flexibility index (Phi) is 13.7. The Hall–Kier alpha value is -3.55. The molecule has 0 spiro atoms. The molecule has 0 saturated heterocycles. The van der Waals surface area contributed by atoms with Crippen molar-refractivity contribution in [1.29, 1.82) is 0 Å². The van der Waals surface area contributed by atoms with Crippen LogP contribution in [0.1, 0.15) is 91.7 Å². The van der Waals surface area contributed by atoms with Crippen LogP contribution in [0.15, 0.2) is 54.6 Å². The van der Waals surface area contributed by atoms with Crippen molar-refractivity contribution in [2.24, 2.45) is 5.92 Å². The van der Waals surface area contributed by atoms with Gasteiger partial charge >= 0.3 is 6.09 Å². The molecule has 8 nitrogen and oxygen atoms in total. The van der Waals surface area contributed by atoms with Gasteiger partial charge in [-0.15, -0.1) is 0 Å². The first-order valence-electron chi connectivity index (χ1n) is 14.7. The van der Waals surface area contributed by atoms with E-state index in [1.54, 1.807) is 57.0 Å². The monoisotopic (exact) mass is 567 g/mol. The van der Waals surface area contributed by atoms with Crippen LogP contribution in [0.4, 0.5) is 10.5 Å². The number of carbonyl (C=O) groups excluding carboxylic acids is 3. The van der Waals surface area contributed by atoms with Crippen molar-refractivity contribution in [2.75, 3.05) is 19.0 Å². The summed E-state index contributed by atoms with van der Waals surface area (Å²) in [5.41, 5.74) is 0.581. The number of nitrogens with one attached hydrogen (secondary N) is 2. The van der Waals surface area contributed by atoms with Gasteiger partial charge in [-0.25, -0.2) is 4.79 Å². The highest BCUT2D eigenvalue weighted by atomic mass is 16.6. The third-order valence-corrected chi connectivity index (χ3v) is 6.51. The molecule has 2 aromatic rings. The number of methoxy groups -OCH3 is 1. The minimum Gasteiger partial charge on any atom is -0.497 e. The Labute approximate surface area is 246 Å². The molecule has 2 unspecified atom stereocenters. The second-order valence-electron chi connectivity index (χ2n) is 11.8. The van der Waals surface area contributed by atoms with E-state index in [-0.39, 0.29) is 17.7 Å². The van der Waals surface area contributed by atoms with E-state index in [9.17, 15) is 14.4 Å². The van der Waals surface area contributed by atoms with Gasteiger partial charge in [0.2, 0.25) is 5.91 Å². The van der Waals surface area contributed by atoms with Crippen LogP contribution in [0, 0.1) is 5.92 Å². The Morgan fingerprint density at radius 3 is 2.10 bits per heavy atom. The maximum atomic E-state index is 14.3. The van der Waals surface area contributed by atoms with Gasteiger partial charge in [0.15, 0.2) is 0 Å². The van der Waals surface area contributed by atoms with E-state index >= 15 is 0 Å². The van der Waals surface area contributed by atoms with Crippen LogP contribution in [0.25, 0.3) is 0 Å². The van der Waals surface area contributed by atoms with E-state index < -0.39 is 23.8 Å². The number of anilines is 1. The molecule has 0 aliphatic rings. The van der Waals surface area contributed by atoms with E-state index in [0.29, 0.717) is 30.0 Å². The quantitative estimate of drug-likeness (QED) is 0.224. The first-order chi connectivity index (χ1) is 19.4. The minimum absolute atomic E-state index is 0.119. The predicted octanol–water partition coefficient (Wildman–Crippen LogP) is 7.11. The van der Waals surface area contributed by atoms with E-state index in [2.05, 4.69) is 17.6 Å². The summed E-state index contributed by atoms with van der Waals surface area (Å²) in [7, 11) is 1.59. The Balaban J connectivity index is 2.47. The van der Waals surface area contributed by atoms with E-state index in [0.717, 1.165) is 32.1 Å². The molecule has 2 N–H and O–H groups in total. The highest BCUT2D eigenvalue weighted by Gasteiger charge is 2.36. The smallest absolute Gasteiger partial charge is 0.408 e. The summed E-state index contributed by atoms with van der Waals surface area (Å²) in [6.45, 7) is 11.9. The summed E-state index contributed by atoms with van der Waals surface area (Å²) in [6, 6.07) is 14.6. The number of alkyl carbamates (subject to hydrolysis) is 1. The number of ether oxygens (including phenoxy) is 2. The average molecular weight is 568 g/mol. The van der Waals surface area contributed by atoms with Gasteiger partial charge < -0.3 is 25.0 Å². The van der Waals surface area contributed by atoms with Gasteiger partial charge in [-0.1, -0.05) is 76.8 Å². The average Bonchev–Trinajstić information content (AvgIpc) is 2.91. The zero-order valence-corrected chi connectivity index (χ0v) is 25.9. The van der Waals surface area contributed by atoms with Crippen molar-refractivity contribution in [3.8, 4) is 5.75 Å². The molecular weight excluding hydrogens is 518 g/mol. The molecule has 2 aromatic carbocycles. The molecule has 0 aliphatic heterocycles. The number of hydrogen-bond donors (Lipinski definition) is 2. The number of benzene rings is 2. The molecular formula is C33H49N3O5. The molecule has 0 aliphatic carbocycles. The van der Waals surface area contributed by atoms with Crippen molar-refractivity contribution in [2.45, 2.75) is 97.8 Å². The van der Waals surface area contributed by atoms with E-state index in [4.69, 9.17) is 9.47 Å². The first kappa shape index (κ1) is 33.7. The standard InChI is InChI=1S/C33H49N3O5/c1-8-9-10-11-15-22-36(31(38)28(23-24(2)3)35-32(39)41-33(4,5)6)29(25-16-13-12-14-17-25)30(37)34-26-18-20-27(40-7)21-19-26/h12-14,16-21,24,28-29H,8-11,15,22-23H2,1-7H3,(H,34,37)(H,35,39). The van der Waals surface area contributed by atoms with Crippen molar-refractivity contribution in [3.63, 3.8) is 0 Å². The molecule has 8 heteroatoms. The lowest BCUT2D eigenvalue weighted by Crippen LogP contribution is -2.53. The largest absolute Gasteiger partial charge is 0.497 e. The fourth-order valence-corrected chi connectivity index (χ4v) is 4.59. The van der Waals surface area contributed by atoms with Crippen LogP contribution < -0.4 is 15.4 Å². The third-order valence-electron chi connectivity index (χ3n) is 6.51. The normalized spacial score (nSPS) is 12.8. The molecule has 0 saturated carbocycles. The van der Waals surface area contributed by atoms with Gasteiger partial charge in [0.25, 0.3) is 5.91 Å². The lowest BCUT2D eigenvalue weighted by Gasteiger charge is -2.35. The number of rotatable bonds is 15. The summed E-state index contributed by atoms with van der Waals surface area (Å²) in [6.07, 6.45) is 4.71. The maximum Gasteiger partial charge on any atom is 0.408 e. The van der Waals surface area contributed by atoms with Gasteiger partial charge in [0.1, 0.15) is 23.4 Å². The van der Waals surface area contributed by atoms with Gasteiger partial charge in [-0.05, 0) is 69.4 Å². The van der Waals surface area contributed by atoms with Crippen LogP contribution >= 0.6 is 0 Å². The fourth-order valence-electron chi connectivity index (χ4n) is 4.59. The highest BCUT2D eigenvalue weighted by molar-refractivity contribution is 5.99. The Bertz CT molecular complexity index is 1080. The van der Waals surface area contributed by atoms with Crippen molar-refractivity contribution >= 4 is 23.6 Å². The second kappa shape index (κ2) is 16.7. The molecule has 0 heterocycles. The zero-order valence-electron chi connectivity index (χ0n) is 25.9. The van der Waals surface area contributed by atoms with Gasteiger partial charge in [-0.2, -0.15) is 0 Å². The summed E-state index contributed by atoms with van der Waals surface area (Å²) < 4.78 is 10.7. The summed E-state index contributed by atoms with van der Waals surface area (Å²) in [5, 5.41) is 5.79. The number of nitrogens with zero attached hydrogens (tertiary/aromatic N) is 1. The Morgan fingerprint density at radius 1 is 0.902 bits per heavy atom. The molecule has 2 rings (SSSR count). The van der Waals surface area contributed by atoms with Crippen molar-refractivity contribution in [3.05, 3.63) is 60.2 Å². The molecule has 2 atom stereocenters. The lowest BCUT2D eigenvalue weighted by atomic mass is 9.98. The predicted molar refractivity (Wildman–Crippen MR) is 164 cm³/mol. The van der Waals surface area contributed by atoms with Gasteiger partial charge in [-0.3, -0.25) is 9.59 Å². The third kappa shape index (κ3) is 11.8. The molecule has 0 bridgehead atoms. The number of carbonyl (C=O) groups is 3. The Morgan fingerprint density at radius 2 is 1.54 bits per heavy atom. The maximum absolute atomic E-state index is 14.3. The molecule has 41 heavy (non-hydrogen) atoms. The molecule has 226 valence electrons. The highest BCUT2D eigenvalue weighted by Crippen LogP contribution is 2.27. The summed E-state index contributed by atoms with van der Waals surface area (Å²) in [4.78, 5) is 42.7. The van der Waals surface area contributed by atoms with Crippen LogP contribution in [-0.2, 0) is 14.3 Å². The summed E-state index contributed by atoms with van der Waals surface area (Å²) in [5.74, 6) is 0.160. The van der Waals surface area contributed by atoms with Crippen molar-refractivity contribution < 1.29 is 23.9 Å². The topological polar surface area (TPSA) is 97.0 Å². The van der Waals surface area contributed by atoms with E-state index in [1.807, 2.05) is 44.2 Å². The number of amides is 3. The van der Waals surface area contributed by atoms with Gasteiger partial charge in [0, 0.05) is 12.2 Å². The minimum atomic E-state index is -0.896. The number of hydrogen-bond acceptors (Lipinski definition) is 5. The van der Waals surface area contributed by atoms with Crippen molar-refractivity contribution in [1.82, 2.24) is 10.2 Å². The second-order valence-corrected chi connectivity index (χ2v) is 11.8. The van der Waals surface area contributed by atoms with Crippen LogP contribution in [0.5, 0.6) is 5.75 Å². The lowest BCUT2D eigenvalue weighted by molar-refractivity contribution is -0.141. The summed E-state index contributed by atoms with van der Waals surface area (Å²) >= 11 is 0. The molecule has 0 aromatic heterocycles. The molecule has 0 fully saturated rings. The SMILES string of the molecule is CCCCCCCN(C(=O)C(CC(C)C)NC(=O)OC(C)(C)C)C(C(=O)Nc1ccc(OC)cc1)c1ccccc1. The van der Waals surface area contributed by atoms with Crippen LogP contribution in [0.2, 0.25) is 0 Å². The van der Waals surface area contributed by atoms with E-state index in [1.165, 1.54) is 0 Å².